The Bertz CT molecular complexity index is 1830. The number of allylic oxidation sites excluding steroid dienone is 6. The molecule has 0 spiro atoms. The number of anilines is 1. The van der Waals surface area contributed by atoms with Crippen molar-refractivity contribution < 1.29 is 0 Å². The minimum absolute atomic E-state index is 0.00875. The summed E-state index contributed by atoms with van der Waals surface area (Å²) < 4.78 is 0. The van der Waals surface area contributed by atoms with Gasteiger partial charge in [-0.2, -0.15) is 0 Å². The van der Waals surface area contributed by atoms with E-state index in [0.717, 1.165) is 13.0 Å². The summed E-state index contributed by atoms with van der Waals surface area (Å²) in [5.74, 6) is 0.386. The first-order chi connectivity index (χ1) is 20.1. The first kappa shape index (κ1) is 24.8. The van der Waals surface area contributed by atoms with Gasteiger partial charge >= 0.3 is 0 Å². The van der Waals surface area contributed by atoms with Crippen molar-refractivity contribution in [3.63, 3.8) is 0 Å². The molecule has 1 nitrogen and oxygen atoms in total. The number of fused-ring (bicyclic) bond motifs is 7. The molecule has 4 aliphatic rings. The van der Waals surface area contributed by atoms with Gasteiger partial charge in [0.05, 0.1) is 0 Å². The van der Waals surface area contributed by atoms with Crippen LogP contribution in [0.4, 0.5) is 5.69 Å². The van der Waals surface area contributed by atoms with Gasteiger partial charge in [-0.3, -0.25) is 0 Å². The molecular weight excluding hydrogens is 515 g/mol. The number of hydrogen-bond donors (Lipinski definition) is 1. The second-order valence-corrected chi connectivity index (χ2v) is 13.2. The van der Waals surface area contributed by atoms with Crippen molar-refractivity contribution >= 4 is 23.0 Å². The smallest absolute Gasteiger partial charge is 0.0454 e. The summed E-state index contributed by atoms with van der Waals surface area (Å²) in [6.45, 7) is 5.60. The van der Waals surface area contributed by atoms with Crippen LogP contribution in [0.1, 0.15) is 47.6 Å². The minimum Gasteiger partial charge on any atom is -0.381 e. The monoisotopic (exact) mass is 547 g/mol. The molecule has 4 aromatic carbocycles. The standard InChI is InChI=1S/C39H33NS/c1-39(2)34-17-7-6-12-30(34)31-20-18-26(24-35(31)39)29-14-10-16-33-32-15-9-13-28(37(32)41-38(29)33)25-19-21-36-27(23-25)11-5-3-4-8-22-40-36/h3-10,12-21,23-24,33,38,40H,11,22H2,1-2H3. The summed E-state index contributed by atoms with van der Waals surface area (Å²) in [6.07, 6.45) is 16.7. The Morgan fingerprint density at radius 3 is 2.54 bits per heavy atom. The van der Waals surface area contributed by atoms with Crippen molar-refractivity contribution in [1.82, 2.24) is 0 Å². The van der Waals surface area contributed by atoms with Gasteiger partial charge in [-0.05, 0) is 80.3 Å². The molecule has 0 bridgehead atoms. The highest BCUT2D eigenvalue weighted by atomic mass is 32.2. The highest BCUT2D eigenvalue weighted by Gasteiger charge is 2.39. The van der Waals surface area contributed by atoms with Crippen LogP contribution in [0.2, 0.25) is 0 Å². The lowest BCUT2D eigenvalue weighted by molar-refractivity contribution is 0.660. The third-order valence-corrected chi connectivity index (χ3v) is 10.8. The average Bonchev–Trinajstić information content (AvgIpc) is 3.53. The van der Waals surface area contributed by atoms with Gasteiger partial charge in [-0.1, -0.05) is 117 Å². The van der Waals surface area contributed by atoms with E-state index in [1.807, 2.05) is 0 Å². The molecule has 0 saturated carbocycles. The fourth-order valence-corrected chi connectivity index (χ4v) is 8.84. The van der Waals surface area contributed by atoms with E-state index in [9.17, 15) is 0 Å². The van der Waals surface area contributed by atoms with Crippen LogP contribution in [0.5, 0.6) is 0 Å². The van der Waals surface area contributed by atoms with Crippen LogP contribution < -0.4 is 5.32 Å². The molecule has 8 rings (SSSR count). The Labute approximate surface area is 247 Å². The lowest BCUT2D eigenvalue weighted by Crippen LogP contribution is -2.16. The molecule has 2 heteroatoms. The van der Waals surface area contributed by atoms with Crippen LogP contribution in [0, 0.1) is 0 Å². The van der Waals surface area contributed by atoms with E-state index >= 15 is 0 Å². The fourth-order valence-electron chi connectivity index (χ4n) is 7.21. The Kier molecular flexibility index (Phi) is 5.76. The second kappa shape index (κ2) is 9.53. The van der Waals surface area contributed by atoms with Gasteiger partial charge in [-0.25, -0.2) is 0 Å². The summed E-state index contributed by atoms with van der Waals surface area (Å²) in [4.78, 5) is 1.43. The lowest BCUT2D eigenvalue weighted by Gasteiger charge is -2.26. The molecule has 2 heterocycles. The number of hydrogen-bond acceptors (Lipinski definition) is 2. The number of nitrogens with one attached hydrogen (secondary N) is 1. The van der Waals surface area contributed by atoms with Crippen LogP contribution >= 0.6 is 11.8 Å². The van der Waals surface area contributed by atoms with E-state index in [1.54, 1.807) is 0 Å². The van der Waals surface area contributed by atoms with Gasteiger partial charge in [-0.15, -0.1) is 11.8 Å². The maximum Gasteiger partial charge on any atom is 0.0454 e. The van der Waals surface area contributed by atoms with Crippen LogP contribution in [0.25, 0.3) is 27.8 Å². The zero-order valence-electron chi connectivity index (χ0n) is 23.5. The largest absolute Gasteiger partial charge is 0.381 e. The Morgan fingerprint density at radius 2 is 1.59 bits per heavy atom. The first-order valence-corrected chi connectivity index (χ1v) is 15.6. The van der Waals surface area contributed by atoms with E-state index in [4.69, 9.17) is 0 Å². The van der Waals surface area contributed by atoms with Crippen molar-refractivity contribution in [2.24, 2.45) is 0 Å². The molecule has 2 aliphatic heterocycles. The highest BCUT2D eigenvalue weighted by Crippen LogP contribution is 2.56. The molecule has 0 amide bonds. The second-order valence-electron chi connectivity index (χ2n) is 12.0. The quantitative estimate of drug-likeness (QED) is 0.268. The summed E-state index contributed by atoms with van der Waals surface area (Å²) >= 11 is 2.05. The van der Waals surface area contributed by atoms with Gasteiger partial charge in [0, 0.05) is 33.7 Å². The minimum atomic E-state index is 0.00875. The SMILES string of the molecule is CC1(C)c2ccccc2-c2ccc(C3=CC=CC4c5cccc(-c6ccc7c(c6)CC=CC=CCN7)c5SC34)cc21. The van der Waals surface area contributed by atoms with Crippen LogP contribution in [-0.2, 0) is 11.8 Å². The van der Waals surface area contributed by atoms with E-state index in [2.05, 4.69) is 152 Å². The molecule has 200 valence electrons. The van der Waals surface area contributed by atoms with Gasteiger partial charge in [0.25, 0.3) is 0 Å². The van der Waals surface area contributed by atoms with E-state index < -0.39 is 0 Å². The Hall–Kier alpha value is -4.01. The van der Waals surface area contributed by atoms with Gasteiger partial charge in [0.2, 0.25) is 0 Å². The van der Waals surface area contributed by atoms with Crippen molar-refractivity contribution in [2.45, 2.75) is 41.7 Å². The molecule has 0 aromatic heterocycles. The molecule has 2 atom stereocenters. The van der Waals surface area contributed by atoms with Crippen LogP contribution in [0.15, 0.2) is 126 Å². The molecule has 4 aromatic rings. The van der Waals surface area contributed by atoms with E-state index in [0.29, 0.717) is 11.2 Å². The summed E-state index contributed by atoms with van der Waals surface area (Å²) in [5, 5.41) is 3.96. The molecular formula is C39H33NS. The molecule has 0 saturated heterocycles. The molecule has 0 radical (unpaired) electrons. The van der Waals surface area contributed by atoms with Crippen LogP contribution in [-0.4, -0.2) is 11.8 Å². The first-order valence-electron chi connectivity index (χ1n) is 14.7. The summed E-state index contributed by atoms with van der Waals surface area (Å²) in [5.41, 5.74) is 15.1. The number of benzene rings is 4. The number of thioether (sulfide) groups is 1. The lowest BCUT2D eigenvalue weighted by atomic mass is 9.80. The van der Waals surface area contributed by atoms with Crippen molar-refractivity contribution in [1.29, 1.82) is 0 Å². The number of rotatable bonds is 2. The predicted molar refractivity (Wildman–Crippen MR) is 176 cm³/mol. The Balaban J connectivity index is 1.16. The topological polar surface area (TPSA) is 12.0 Å². The normalized spacial score (nSPS) is 20.9. The zero-order chi connectivity index (χ0) is 27.6. The third-order valence-electron chi connectivity index (χ3n) is 9.34. The molecule has 2 unspecified atom stereocenters. The van der Waals surface area contributed by atoms with Gasteiger partial charge in [0.1, 0.15) is 0 Å². The maximum absolute atomic E-state index is 3.58. The van der Waals surface area contributed by atoms with E-state index in [-0.39, 0.29) is 5.41 Å². The zero-order valence-corrected chi connectivity index (χ0v) is 24.3. The van der Waals surface area contributed by atoms with Gasteiger partial charge < -0.3 is 5.32 Å². The molecule has 0 fully saturated rings. The molecule has 1 N–H and O–H groups in total. The van der Waals surface area contributed by atoms with Crippen molar-refractivity contribution in [3.05, 3.63) is 149 Å². The fraction of sp³-hybridized carbons (Fsp3) is 0.179. The third kappa shape index (κ3) is 3.92. The summed E-state index contributed by atoms with van der Waals surface area (Å²) in [6, 6.07) is 30.0. The Morgan fingerprint density at radius 1 is 0.756 bits per heavy atom. The van der Waals surface area contributed by atoms with Crippen molar-refractivity contribution in [3.8, 4) is 22.3 Å². The maximum atomic E-state index is 3.58. The summed E-state index contributed by atoms with van der Waals surface area (Å²) in [7, 11) is 0. The average molecular weight is 548 g/mol. The van der Waals surface area contributed by atoms with Crippen LogP contribution in [0.3, 0.4) is 0 Å². The predicted octanol–water partition coefficient (Wildman–Crippen LogP) is 9.95. The van der Waals surface area contributed by atoms with Crippen molar-refractivity contribution in [2.75, 3.05) is 11.9 Å². The highest BCUT2D eigenvalue weighted by molar-refractivity contribution is 8.01. The molecule has 2 aliphatic carbocycles. The van der Waals surface area contributed by atoms with Gasteiger partial charge in [0.15, 0.2) is 0 Å². The molecule has 41 heavy (non-hydrogen) atoms. The van der Waals surface area contributed by atoms with E-state index in [1.165, 1.54) is 66.2 Å².